The molecule has 0 spiro atoms. The minimum Gasteiger partial charge on any atom is -0.469 e. The molecule has 0 unspecified atom stereocenters. The van der Waals surface area contributed by atoms with Crippen LogP contribution in [0.15, 0.2) is 10.7 Å². The molecule has 0 aliphatic carbocycles. The zero-order valence-electron chi connectivity index (χ0n) is 8.76. The highest BCUT2D eigenvalue weighted by Crippen LogP contribution is 2.27. The van der Waals surface area contributed by atoms with E-state index >= 15 is 0 Å². The molecule has 0 aliphatic rings. The number of hydrogen-bond donors (Lipinski definition) is 0. The van der Waals surface area contributed by atoms with E-state index < -0.39 is 12.4 Å². The van der Waals surface area contributed by atoms with Crippen LogP contribution >= 0.6 is 15.9 Å². The number of hydrogen-bond acceptors (Lipinski definition) is 3. The second kappa shape index (κ2) is 5.34. The van der Waals surface area contributed by atoms with Crippen LogP contribution in [0.25, 0.3) is 0 Å². The van der Waals surface area contributed by atoms with Crippen molar-refractivity contribution in [3.63, 3.8) is 0 Å². The van der Waals surface area contributed by atoms with Crippen molar-refractivity contribution in [3.8, 4) is 0 Å². The lowest BCUT2D eigenvalue weighted by Gasteiger charge is -2.11. The molecule has 0 aromatic carbocycles. The quantitative estimate of drug-likeness (QED) is 0.805. The van der Waals surface area contributed by atoms with Gasteiger partial charge in [-0.2, -0.15) is 0 Å². The van der Waals surface area contributed by atoms with Crippen molar-refractivity contribution < 1.29 is 18.3 Å². The number of esters is 1. The van der Waals surface area contributed by atoms with Crippen LogP contribution in [0.4, 0.5) is 8.78 Å². The standard InChI is InChI=1S/C10H10BrF2NO2/c1-5-6(3-8(15)16-2)7(11)4-14-9(5)10(12)13/h4,10H,3H2,1-2H3. The van der Waals surface area contributed by atoms with E-state index in [1.165, 1.54) is 20.2 Å². The SMILES string of the molecule is COC(=O)Cc1c(Br)cnc(C(F)F)c1C. The number of rotatable bonds is 3. The summed E-state index contributed by atoms with van der Waals surface area (Å²) in [5.41, 5.74) is 0.494. The highest BCUT2D eigenvalue weighted by molar-refractivity contribution is 9.10. The summed E-state index contributed by atoms with van der Waals surface area (Å²) in [5.74, 6) is -0.477. The fourth-order valence-electron chi connectivity index (χ4n) is 1.29. The largest absolute Gasteiger partial charge is 0.469 e. The number of methoxy groups -OCH3 is 1. The van der Waals surface area contributed by atoms with Crippen molar-refractivity contribution in [1.82, 2.24) is 4.98 Å². The second-order valence-corrected chi connectivity index (χ2v) is 4.00. The van der Waals surface area contributed by atoms with Gasteiger partial charge < -0.3 is 4.74 Å². The van der Waals surface area contributed by atoms with Gasteiger partial charge in [-0.25, -0.2) is 8.78 Å². The van der Waals surface area contributed by atoms with Crippen molar-refractivity contribution in [2.45, 2.75) is 19.8 Å². The molecule has 3 nitrogen and oxygen atoms in total. The first-order valence-corrected chi connectivity index (χ1v) is 5.25. The molecule has 1 aromatic rings. The third-order valence-corrected chi connectivity index (χ3v) is 2.88. The first-order chi connectivity index (χ1) is 7.47. The summed E-state index contributed by atoms with van der Waals surface area (Å²) in [6.07, 6.45) is -1.43. The van der Waals surface area contributed by atoms with Crippen LogP contribution in [0.2, 0.25) is 0 Å². The fourth-order valence-corrected chi connectivity index (χ4v) is 1.83. The number of aromatic nitrogens is 1. The number of alkyl halides is 2. The van der Waals surface area contributed by atoms with Crippen LogP contribution in [0.3, 0.4) is 0 Å². The Labute approximate surface area is 99.9 Å². The minimum atomic E-state index is -2.65. The molecule has 0 atom stereocenters. The summed E-state index contributed by atoms with van der Waals surface area (Å²) in [5, 5.41) is 0. The molecule has 0 fully saturated rings. The number of ether oxygens (including phenoxy) is 1. The Hall–Kier alpha value is -1.04. The topological polar surface area (TPSA) is 39.2 Å². The van der Waals surface area contributed by atoms with Crippen LogP contribution in [0.1, 0.15) is 23.2 Å². The molecule has 6 heteroatoms. The average molecular weight is 294 g/mol. The van der Waals surface area contributed by atoms with Gasteiger partial charge in [0.1, 0.15) is 5.69 Å². The molecule has 0 amide bonds. The van der Waals surface area contributed by atoms with Gasteiger partial charge in [0.2, 0.25) is 0 Å². The molecule has 88 valence electrons. The van der Waals surface area contributed by atoms with Crippen LogP contribution in [-0.4, -0.2) is 18.1 Å². The van der Waals surface area contributed by atoms with Gasteiger partial charge in [-0.3, -0.25) is 9.78 Å². The van der Waals surface area contributed by atoms with Crippen molar-refractivity contribution in [2.75, 3.05) is 7.11 Å². The molecule has 1 heterocycles. The average Bonchev–Trinajstić information content (AvgIpc) is 2.23. The predicted octanol–water partition coefficient (Wildman–Crippen LogP) is 2.81. The van der Waals surface area contributed by atoms with Crippen molar-refractivity contribution in [1.29, 1.82) is 0 Å². The van der Waals surface area contributed by atoms with Gasteiger partial charge >= 0.3 is 5.97 Å². The zero-order valence-corrected chi connectivity index (χ0v) is 10.3. The molecule has 0 bridgehead atoms. The van der Waals surface area contributed by atoms with Gasteiger partial charge in [0.05, 0.1) is 13.5 Å². The minimum absolute atomic E-state index is 0.0504. The lowest BCUT2D eigenvalue weighted by Crippen LogP contribution is -2.09. The molecule has 0 N–H and O–H groups in total. The van der Waals surface area contributed by atoms with Crippen LogP contribution in [0, 0.1) is 6.92 Å². The van der Waals surface area contributed by atoms with Gasteiger partial charge in [0.25, 0.3) is 6.43 Å². The van der Waals surface area contributed by atoms with Gasteiger partial charge in [0, 0.05) is 10.7 Å². The third-order valence-electron chi connectivity index (χ3n) is 2.20. The third kappa shape index (κ3) is 2.75. The van der Waals surface area contributed by atoms with Crippen LogP contribution in [0.5, 0.6) is 0 Å². The summed E-state index contributed by atoms with van der Waals surface area (Å²) in [6, 6.07) is 0. The summed E-state index contributed by atoms with van der Waals surface area (Å²) < 4.78 is 30.2. The Bertz CT molecular complexity index is 410. The molecule has 1 rings (SSSR count). The highest BCUT2D eigenvalue weighted by Gasteiger charge is 2.18. The van der Waals surface area contributed by atoms with Crippen molar-refractivity contribution in [3.05, 3.63) is 27.5 Å². The number of pyridine rings is 1. The van der Waals surface area contributed by atoms with E-state index in [4.69, 9.17) is 0 Å². The lowest BCUT2D eigenvalue weighted by molar-refractivity contribution is -0.139. The Kier molecular flexibility index (Phi) is 4.35. The number of carbonyl (C=O) groups is 1. The Morgan fingerprint density at radius 2 is 2.25 bits per heavy atom. The number of carbonyl (C=O) groups excluding carboxylic acids is 1. The maximum atomic E-state index is 12.6. The normalized spacial score (nSPS) is 10.6. The van der Waals surface area contributed by atoms with Crippen LogP contribution in [-0.2, 0) is 16.0 Å². The van der Waals surface area contributed by atoms with Crippen LogP contribution < -0.4 is 0 Å². The monoisotopic (exact) mass is 293 g/mol. The summed E-state index contributed by atoms with van der Waals surface area (Å²) in [6.45, 7) is 1.51. The summed E-state index contributed by atoms with van der Waals surface area (Å²) in [4.78, 5) is 14.7. The molecule has 0 saturated carbocycles. The number of halogens is 3. The van der Waals surface area contributed by atoms with E-state index in [9.17, 15) is 13.6 Å². The molecular weight excluding hydrogens is 284 g/mol. The van der Waals surface area contributed by atoms with Gasteiger partial charge in [-0.05, 0) is 34.0 Å². The maximum absolute atomic E-state index is 12.6. The summed E-state index contributed by atoms with van der Waals surface area (Å²) >= 11 is 3.17. The molecule has 16 heavy (non-hydrogen) atoms. The first-order valence-electron chi connectivity index (χ1n) is 4.46. The van der Waals surface area contributed by atoms with E-state index in [-0.39, 0.29) is 12.1 Å². The van der Waals surface area contributed by atoms with Gasteiger partial charge in [-0.1, -0.05) is 0 Å². The first kappa shape index (κ1) is 13.0. The second-order valence-electron chi connectivity index (χ2n) is 3.15. The van der Waals surface area contributed by atoms with Crippen molar-refractivity contribution in [2.24, 2.45) is 0 Å². The van der Waals surface area contributed by atoms with E-state index in [1.807, 2.05) is 0 Å². The number of nitrogens with zero attached hydrogens (tertiary/aromatic N) is 1. The van der Waals surface area contributed by atoms with E-state index in [0.29, 0.717) is 15.6 Å². The Morgan fingerprint density at radius 3 is 2.75 bits per heavy atom. The molecule has 1 aromatic heterocycles. The van der Waals surface area contributed by atoms with Crippen molar-refractivity contribution >= 4 is 21.9 Å². The fraction of sp³-hybridized carbons (Fsp3) is 0.400. The molecule has 0 saturated heterocycles. The van der Waals surface area contributed by atoms with E-state index in [2.05, 4.69) is 25.7 Å². The van der Waals surface area contributed by atoms with E-state index in [1.54, 1.807) is 0 Å². The van der Waals surface area contributed by atoms with E-state index in [0.717, 1.165) is 0 Å². The zero-order chi connectivity index (χ0) is 12.3. The molecule has 0 aliphatic heterocycles. The van der Waals surface area contributed by atoms with Gasteiger partial charge in [-0.15, -0.1) is 0 Å². The Balaban J connectivity index is 3.16. The maximum Gasteiger partial charge on any atom is 0.310 e. The van der Waals surface area contributed by atoms with Gasteiger partial charge in [0.15, 0.2) is 0 Å². The Morgan fingerprint density at radius 1 is 1.62 bits per heavy atom. The lowest BCUT2D eigenvalue weighted by atomic mass is 10.1. The highest BCUT2D eigenvalue weighted by atomic mass is 79.9. The molecule has 0 radical (unpaired) electrons. The predicted molar refractivity (Wildman–Crippen MR) is 57.4 cm³/mol. The smallest absolute Gasteiger partial charge is 0.310 e. The molecular formula is C10H10BrF2NO2. The summed E-state index contributed by atoms with van der Waals surface area (Å²) in [7, 11) is 1.25.